The molecule has 0 bridgehead atoms. The Bertz CT molecular complexity index is 282. The number of nitrogens with zero attached hydrogens (tertiary/aromatic N) is 2. The second-order valence-corrected chi connectivity index (χ2v) is 2.92. The smallest absolute Gasteiger partial charge is 0.0900 e. The maximum atomic E-state index is 4.45. The molecule has 13 heavy (non-hydrogen) atoms. The van der Waals surface area contributed by atoms with Crippen LogP contribution in [0.1, 0.15) is 13.8 Å². The summed E-state index contributed by atoms with van der Waals surface area (Å²) in [5.41, 5.74) is 2.22. The van der Waals surface area contributed by atoms with Crippen LogP contribution in [-0.4, -0.2) is 24.3 Å². The molecule has 0 aromatic rings. The van der Waals surface area contributed by atoms with Crippen molar-refractivity contribution in [2.45, 2.75) is 13.8 Å². The fourth-order valence-corrected chi connectivity index (χ4v) is 1.08. The van der Waals surface area contributed by atoms with Gasteiger partial charge in [0, 0.05) is 13.6 Å². The van der Waals surface area contributed by atoms with Gasteiger partial charge in [-0.2, -0.15) is 5.10 Å². The predicted octanol–water partition coefficient (Wildman–Crippen LogP) is 2.37. The first kappa shape index (κ1) is 9.78. The summed E-state index contributed by atoms with van der Waals surface area (Å²) in [6, 6.07) is 0. The molecular formula is C11H16N2. The van der Waals surface area contributed by atoms with E-state index in [1.807, 2.05) is 37.2 Å². The molecule has 0 saturated carbocycles. The summed E-state index contributed by atoms with van der Waals surface area (Å²) in [7, 11) is 1.98. The normalized spacial score (nSPS) is 21.5. The van der Waals surface area contributed by atoms with Crippen LogP contribution in [0.25, 0.3) is 0 Å². The quantitative estimate of drug-likeness (QED) is 0.590. The minimum absolute atomic E-state index is 0.929. The molecule has 0 fully saturated rings. The summed E-state index contributed by atoms with van der Waals surface area (Å²) >= 11 is 0. The summed E-state index contributed by atoms with van der Waals surface area (Å²) in [4.78, 5) is 0. The molecule has 0 amide bonds. The van der Waals surface area contributed by atoms with Gasteiger partial charge in [-0.3, -0.25) is 5.01 Å². The van der Waals surface area contributed by atoms with Crippen molar-refractivity contribution in [3.8, 4) is 0 Å². The highest BCUT2D eigenvalue weighted by atomic mass is 15.4. The maximum Gasteiger partial charge on any atom is 0.0900 e. The highest BCUT2D eigenvalue weighted by Gasteiger charge is 2.02. The first-order valence-electron chi connectivity index (χ1n) is 4.59. The molecule has 1 rings (SSSR count). The van der Waals surface area contributed by atoms with E-state index in [9.17, 15) is 0 Å². The molecule has 70 valence electrons. The van der Waals surface area contributed by atoms with Gasteiger partial charge >= 0.3 is 0 Å². The molecule has 0 unspecified atom stereocenters. The standard InChI is InChI=1S/C11H16N2/c1-4-10-8-6-7-9-11(10)12-13(3)5-2/h4,6-9H,5H2,1-3H3/b10-4-,12-11-. The first-order chi connectivity index (χ1) is 6.27. The Morgan fingerprint density at radius 3 is 2.69 bits per heavy atom. The van der Waals surface area contributed by atoms with Gasteiger partial charge in [-0.25, -0.2) is 0 Å². The zero-order chi connectivity index (χ0) is 9.68. The molecule has 1 aliphatic carbocycles. The Hall–Kier alpha value is -1.31. The topological polar surface area (TPSA) is 15.6 Å². The Morgan fingerprint density at radius 2 is 2.08 bits per heavy atom. The van der Waals surface area contributed by atoms with Crippen molar-refractivity contribution in [2.75, 3.05) is 13.6 Å². The second-order valence-electron chi connectivity index (χ2n) is 2.92. The van der Waals surface area contributed by atoms with Gasteiger partial charge in [-0.05, 0) is 25.5 Å². The van der Waals surface area contributed by atoms with Crippen LogP contribution in [-0.2, 0) is 0 Å². The van der Waals surface area contributed by atoms with Crippen LogP contribution in [0.5, 0.6) is 0 Å². The SMILES string of the molecule is C/C=C1/C=CC=C/C1=N/N(C)CC. The number of hydrogen-bond acceptors (Lipinski definition) is 2. The summed E-state index contributed by atoms with van der Waals surface area (Å²) in [6.45, 7) is 5.04. The first-order valence-corrected chi connectivity index (χ1v) is 4.59. The zero-order valence-electron chi connectivity index (χ0n) is 8.49. The van der Waals surface area contributed by atoms with E-state index in [1.165, 1.54) is 5.57 Å². The van der Waals surface area contributed by atoms with Gasteiger partial charge in [-0.1, -0.05) is 24.3 Å². The molecule has 0 radical (unpaired) electrons. The Balaban J connectivity index is 2.85. The zero-order valence-corrected chi connectivity index (χ0v) is 8.49. The molecule has 0 aromatic heterocycles. The number of hydrogen-bond donors (Lipinski definition) is 0. The summed E-state index contributed by atoms with van der Waals surface area (Å²) < 4.78 is 0. The van der Waals surface area contributed by atoms with E-state index < -0.39 is 0 Å². The molecule has 0 saturated heterocycles. The average Bonchev–Trinajstić information content (AvgIpc) is 2.18. The molecular weight excluding hydrogens is 160 g/mol. The van der Waals surface area contributed by atoms with Crippen molar-refractivity contribution in [1.29, 1.82) is 0 Å². The lowest BCUT2D eigenvalue weighted by molar-refractivity contribution is 0.376. The van der Waals surface area contributed by atoms with Crippen molar-refractivity contribution in [2.24, 2.45) is 5.10 Å². The van der Waals surface area contributed by atoms with Crippen molar-refractivity contribution >= 4 is 5.71 Å². The van der Waals surface area contributed by atoms with E-state index in [4.69, 9.17) is 0 Å². The molecule has 0 aliphatic heterocycles. The van der Waals surface area contributed by atoms with Crippen LogP contribution in [0.2, 0.25) is 0 Å². The monoisotopic (exact) mass is 176 g/mol. The highest BCUT2D eigenvalue weighted by molar-refractivity contribution is 6.11. The van der Waals surface area contributed by atoms with Crippen molar-refractivity contribution in [1.82, 2.24) is 5.01 Å². The highest BCUT2D eigenvalue weighted by Crippen LogP contribution is 2.08. The lowest BCUT2D eigenvalue weighted by Crippen LogP contribution is -2.14. The van der Waals surface area contributed by atoms with Crippen molar-refractivity contribution in [3.63, 3.8) is 0 Å². The maximum absolute atomic E-state index is 4.45. The van der Waals surface area contributed by atoms with E-state index in [-0.39, 0.29) is 0 Å². The summed E-state index contributed by atoms with van der Waals surface area (Å²) in [5.74, 6) is 0. The van der Waals surface area contributed by atoms with Crippen molar-refractivity contribution in [3.05, 3.63) is 36.0 Å². The number of allylic oxidation sites excluding steroid dienone is 6. The van der Waals surface area contributed by atoms with Gasteiger partial charge in [-0.15, -0.1) is 0 Å². The van der Waals surface area contributed by atoms with Crippen LogP contribution >= 0.6 is 0 Å². The molecule has 0 spiro atoms. The predicted molar refractivity (Wildman–Crippen MR) is 57.8 cm³/mol. The third-order valence-electron chi connectivity index (χ3n) is 1.98. The van der Waals surface area contributed by atoms with Crippen molar-refractivity contribution < 1.29 is 0 Å². The molecule has 0 heterocycles. The molecule has 0 N–H and O–H groups in total. The Labute approximate surface area is 79.9 Å². The lowest BCUT2D eigenvalue weighted by atomic mass is 10.1. The Morgan fingerprint density at radius 1 is 1.38 bits per heavy atom. The summed E-state index contributed by atoms with van der Waals surface area (Å²) in [5, 5.41) is 6.38. The minimum Gasteiger partial charge on any atom is -0.300 e. The number of rotatable bonds is 2. The molecule has 0 aromatic carbocycles. The lowest BCUT2D eigenvalue weighted by Gasteiger charge is -2.13. The third-order valence-corrected chi connectivity index (χ3v) is 1.98. The van der Waals surface area contributed by atoms with Gasteiger partial charge < -0.3 is 0 Å². The van der Waals surface area contributed by atoms with E-state index in [1.54, 1.807) is 0 Å². The van der Waals surface area contributed by atoms with Gasteiger partial charge in [0.2, 0.25) is 0 Å². The molecule has 1 aliphatic rings. The van der Waals surface area contributed by atoms with Gasteiger partial charge in [0.05, 0.1) is 5.71 Å². The van der Waals surface area contributed by atoms with Crippen LogP contribution in [0.3, 0.4) is 0 Å². The van der Waals surface area contributed by atoms with Gasteiger partial charge in [0.1, 0.15) is 0 Å². The number of hydrazone groups is 1. The second kappa shape index (κ2) is 4.65. The fraction of sp³-hybridized carbons (Fsp3) is 0.364. The minimum atomic E-state index is 0.929. The van der Waals surface area contributed by atoms with Crippen LogP contribution < -0.4 is 0 Å². The molecule has 0 atom stereocenters. The molecule has 2 nitrogen and oxygen atoms in total. The third kappa shape index (κ3) is 2.58. The van der Waals surface area contributed by atoms with Crippen LogP contribution in [0.4, 0.5) is 0 Å². The van der Waals surface area contributed by atoms with E-state index >= 15 is 0 Å². The Kier molecular flexibility index (Phi) is 3.50. The van der Waals surface area contributed by atoms with E-state index in [2.05, 4.69) is 24.2 Å². The van der Waals surface area contributed by atoms with E-state index in [0.717, 1.165) is 12.3 Å². The van der Waals surface area contributed by atoms with Crippen LogP contribution in [0.15, 0.2) is 41.1 Å². The summed E-state index contributed by atoms with van der Waals surface area (Å²) in [6.07, 6.45) is 10.2. The average molecular weight is 176 g/mol. The fourth-order valence-electron chi connectivity index (χ4n) is 1.08. The molecule has 2 heteroatoms. The van der Waals surface area contributed by atoms with Gasteiger partial charge in [0.25, 0.3) is 0 Å². The largest absolute Gasteiger partial charge is 0.300 e. The van der Waals surface area contributed by atoms with Crippen LogP contribution in [0, 0.1) is 0 Å². The van der Waals surface area contributed by atoms with Gasteiger partial charge in [0.15, 0.2) is 0 Å². The van der Waals surface area contributed by atoms with E-state index in [0.29, 0.717) is 0 Å².